The van der Waals surface area contributed by atoms with E-state index in [4.69, 9.17) is 0 Å². The minimum absolute atomic E-state index is 0.0833. The Labute approximate surface area is 85.9 Å². The van der Waals surface area contributed by atoms with Crippen molar-refractivity contribution in [2.75, 3.05) is 0 Å². The molecule has 2 nitrogen and oxygen atoms in total. The van der Waals surface area contributed by atoms with E-state index in [1.165, 1.54) is 11.3 Å². The number of hydrogen-bond acceptors (Lipinski definition) is 3. The van der Waals surface area contributed by atoms with Gasteiger partial charge in [-0.1, -0.05) is 0 Å². The van der Waals surface area contributed by atoms with Gasteiger partial charge >= 0.3 is 0 Å². The van der Waals surface area contributed by atoms with Crippen LogP contribution >= 0.6 is 11.3 Å². The molecule has 1 fully saturated rings. The molecule has 4 rings (SSSR count). The largest absolute Gasteiger partial charge is 0.299 e. The van der Waals surface area contributed by atoms with Crippen LogP contribution in [0.2, 0.25) is 0 Å². The topological polar surface area (TPSA) is 34.1 Å². The Bertz CT molecular complexity index is 419. The summed E-state index contributed by atoms with van der Waals surface area (Å²) in [4.78, 5) is 24.4. The molecule has 2 bridgehead atoms. The molecule has 0 aromatic carbocycles. The second kappa shape index (κ2) is 2.76. The molecule has 3 aliphatic rings. The van der Waals surface area contributed by atoms with Crippen LogP contribution in [0.3, 0.4) is 0 Å². The zero-order valence-electron chi connectivity index (χ0n) is 7.66. The van der Waals surface area contributed by atoms with Gasteiger partial charge in [0.1, 0.15) is 5.78 Å². The van der Waals surface area contributed by atoms with Crippen molar-refractivity contribution in [3.63, 3.8) is 0 Å². The zero-order valence-corrected chi connectivity index (χ0v) is 8.47. The lowest BCUT2D eigenvalue weighted by Gasteiger charge is -2.20. The molecule has 72 valence electrons. The first-order chi connectivity index (χ1) is 6.77. The number of thiophene rings is 1. The van der Waals surface area contributed by atoms with Crippen molar-refractivity contribution < 1.29 is 9.59 Å². The summed E-state index contributed by atoms with van der Waals surface area (Å²) in [5.41, 5.74) is 1.13. The molecule has 0 N–H and O–H groups in total. The smallest absolute Gasteiger partial charge is 0.183 e. The van der Waals surface area contributed by atoms with Crippen LogP contribution in [0.4, 0.5) is 0 Å². The van der Waals surface area contributed by atoms with E-state index in [1.54, 1.807) is 0 Å². The van der Waals surface area contributed by atoms with Crippen LogP contribution in [0.5, 0.6) is 0 Å². The van der Waals surface area contributed by atoms with Gasteiger partial charge in [0.25, 0.3) is 0 Å². The molecule has 3 heteroatoms. The average Bonchev–Trinajstić information content (AvgIpc) is 2.58. The summed E-state index contributed by atoms with van der Waals surface area (Å²) >= 11 is 1.49. The van der Waals surface area contributed by atoms with E-state index in [0.29, 0.717) is 12.3 Å². The number of fused-ring (bicyclic) bond motifs is 2. The molecule has 2 unspecified atom stereocenters. The van der Waals surface area contributed by atoms with Crippen molar-refractivity contribution in [3.05, 3.63) is 21.9 Å². The first-order valence-corrected chi connectivity index (χ1v) is 5.79. The summed E-state index contributed by atoms with van der Waals surface area (Å²) in [6.07, 6.45) is 2.36. The first kappa shape index (κ1) is 8.36. The highest BCUT2D eigenvalue weighted by molar-refractivity contribution is 7.12. The zero-order chi connectivity index (χ0) is 9.71. The van der Waals surface area contributed by atoms with Crippen molar-refractivity contribution in [2.24, 2.45) is 5.92 Å². The Morgan fingerprint density at radius 1 is 1.29 bits per heavy atom. The van der Waals surface area contributed by atoms with Crippen LogP contribution < -0.4 is 0 Å². The number of rotatable bonds is 0. The minimum Gasteiger partial charge on any atom is -0.299 e. The molecule has 3 aliphatic carbocycles. The highest BCUT2D eigenvalue weighted by atomic mass is 32.1. The summed E-state index contributed by atoms with van der Waals surface area (Å²) in [6.45, 7) is 0. The van der Waals surface area contributed by atoms with Crippen LogP contribution in [0.25, 0.3) is 0 Å². The van der Waals surface area contributed by atoms with Gasteiger partial charge in [0.2, 0.25) is 0 Å². The monoisotopic (exact) mass is 206 g/mol. The molecule has 0 spiro atoms. The summed E-state index contributed by atoms with van der Waals surface area (Å²) in [6, 6.07) is 2.02. The molecule has 1 aromatic heterocycles. The number of Topliss-reactive ketones (excluding diaryl/α,β-unsaturated/α-hetero) is 2. The lowest BCUT2D eigenvalue weighted by atomic mass is 9.81. The number of carbonyl (C=O) groups is 2. The van der Waals surface area contributed by atoms with E-state index in [0.717, 1.165) is 23.3 Å². The quantitative estimate of drug-likeness (QED) is 0.611. The summed E-state index contributed by atoms with van der Waals surface area (Å²) in [5.74, 6) is 0.257. The number of hydrogen-bond donors (Lipinski definition) is 0. The highest BCUT2D eigenvalue weighted by Crippen LogP contribution is 2.43. The van der Waals surface area contributed by atoms with E-state index >= 15 is 0 Å². The van der Waals surface area contributed by atoms with E-state index in [2.05, 4.69) is 0 Å². The Hall–Kier alpha value is -0.960. The lowest BCUT2D eigenvalue weighted by molar-refractivity contribution is -0.123. The maximum absolute atomic E-state index is 12.0. The molecule has 1 saturated carbocycles. The van der Waals surface area contributed by atoms with Crippen molar-refractivity contribution in [2.45, 2.75) is 25.2 Å². The summed E-state index contributed by atoms with van der Waals surface area (Å²) < 4.78 is 0. The Morgan fingerprint density at radius 2 is 2.14 bits per heavy atom. The summed E-state index contributed by atoms with van der Waals surface area (Å²) in [5, 5.41) is 1.97. The fourth-order valence-electron chi connectivity index (χ4n) is 2.56. The fourth-order valence-corrected chi connectivity index (χ4v) is 3.54. The van der Waals surface area contributed by atoms with Crippen LogP contribution in [-0.4, -0.2) is 11.6 Å². The van der Waals surface area contributed by atoms with Gasteiger partial charge in [-0.3, -0.25) is 9.59 Å². The van der Waals surface area contributed by atoms with Gasteiger partial charge < -0.3 is 0 Å². The van der Waals surface area contributed by atoms with E-state index < -0.39 is 0 Å². The van der Waals surface area contributed by atoms with Crippen molar-refractivity contribution in [1.82, 2.24) is 0 Å². The second-order valence-corrected chi connectivity index (χ2v) is 4.98. The van der Waals surface area contributed by atoms with E-state index in [-0.39, 0.29) is 17.5 Å². The molecule has 0 radical (unpaired) electrons. The third-order valence-electron chi connectivity index (χ3n) is 3.32. The third-order valence-corrected chi connectivity index (χ3v) is 4.26. The third kappa shape index (κ3) is 0.960. The number of carbonyl (C=O) groups excluding carboxylic acids is 2. The van der Waals surface area contributed by atoms with Gasteiger partial charge in [0.15, 0.2) is 5.78 Å². The molecule has 2 atom stereocenters. The molecule has 0 saturated heterocycles. The molecule has 0 aliphatic heterocycles. The second-order valence-electron chi connectivity index (χ2n) is 4.07. The maximum Gasteiger partial charge on any atom is 0.183 e. The summed E-state index contributed by atoms with van der Waals surface area (Å²) in [7, 11) is 0. The molecule has 0 amide bonds. The van der Waals surface area contributed by atoms with Crippen LogP contribution in [0.15, 0.2) is 11.4 Å². The standard InChI is InChI=1S/C11H10O2S/c12-9-5-6-1-2-8(9)10(13)11-7(6)3-4-14-11/h3-4,6,8H,1-2,5H2. The van der Waals surface area contributed by atoms with Gasteiger partial charge in [-0.2, -0.15) is 0 Å². The normalized spacial score (nSPS) is 30.3. The Balaban J connectivity index is 2.20. The molecular formula is C11H10O2S. The van der Waals surface area contributed by atoms with Gasteiger partial charge in [-0.05, 0) is 35.8 Å². The number of ketones is 2. The molecular weight excluding hydrogens is 196 g/mol. The predicted molar refractivity (Wildman–Crippen MR) is 53.7 cm³/mol. The van der Waals surface area contributed by atoms with Gasteiger partial charge in [-0.25, -0.2) is 0 Å². The van der Waals surface area contributed by atoms with E-state index in [9.17, 15) is 9.59 Å². The van der Waals surface area contributed by atoms with Gasteiger partial charge in [-0.15, -0.1) is 11.3 Å². The predicted octanol–water partition coefficient (Wildman–Crippen LogP) is 2.40. The van der Waals surface area contributed by atoms with Crippen molar-refractivity contribution >= 4 is 22.9 Å². The fraction of sp³-hybridized carbons (Fsp3) is 0.455. The van der Waals surface area contributed by atoms with Gasteiger partial charge in [0.05, 0.1) is 10.8 Å². The lowest BCUT2D eigenvalue weighted by Crippen LogP contribution is -2.25. The van der Waals surface area contributed by atoms with Crippen LogP contribution in [0, 0.1) is 5.92 Å². The first-order valence-electron chi connectivity index (χ1n) is 4.91. The Morgan fingerprint density at radius 3 is 2.93 bits per heavy atom. The van der Waals surface area contributed by atoms with Crippen LogP contribution in [0.1, 0.15) is 40.4 Å². The van der Waals surface area contributed by atoms with Crippen molar-refractivity contribution in [3.8, 4) is 0 Å². The average molecular weight is 206 g/mol. The molecule has 1 heterocycles. The minimum atomic E-state index is -0.314. The maximum atomic E-state index is 12.0. The van der Waals surface area contributed by atoms with Gasteiger partial charge in [0, 0.05) is 6.42 Å². The van der Waals surface area contributed by atoms with E-state index in [1.807, 2.05) is 11.4 Å². The highest BCUT2D eigenvalue weighted by Gasteiger charge is 2.40. The van der Waals surface area contributed by atoms with Crippen LogP contribution in [-0.2, 0) is 4.79 Å². The van der Waals surface area contributed by atoms with Crippen molar-refractivity contribution in [1.29, 1.82) is 0 Å². The Kier molecular flexibility index (Phi) is 1.65. The molecule has 1 aromatic rings. The SMILES string of the molecule is O=C1CC2CCC1C(=O)c1sccc12. The molecule has 14 heavy (non-hydrogen) atoms.